The lowest BCUT2D eigenvalue weighted by molar-refractivity contribution is 0.0778. The number of nitrogens with zero attached hydrogens (tertiary/aromatic N) is 6. The quantitative estimate of drug-likeness (QED) is 0.274. The van der Waals surface area contributed by atoms with Crippen molar-refractivity contribution in [2.45, 2.75) is 20.8 Å². The number of aromatic amines is 2. The van der Waals surface area contributed by atoms with E-state index in [4.69, 9.17) is 9.97 Å². The van der Waals surface area contributed by atoms with Gasteiger partial charge in [-0.05, 0) is 30.3 Å². The second-order valence-electron chi connectivity index (χ2n) is 9.78. The van der Waals surface area contributed by atoms with Gasteiger partial charge < -0.3 is 0 Å². The molecular formula is C26H20N8OS. The molecule has 0 fully saturated rings. The molecule has 0 radical (unpaired) electrons. The van der Waals surface area contributed by atoms with Gasteiger partial charge in [-0.1, -0.05) is 20.8 Å². The minimum absolute atomic E-state index is 0.0307. The molecule has 2 aliphatic heterocycles. The summed E-state index contributed by atoms with van der Waals surface area (Å²) in [6.45, 7) is 5.76. The van der Waals surface area contributed by atoms with E-state index >= 15 is 0 Å². The zero-order valence-electron chi connectivity index (χ0n) is 19.7. The number of H-pyrrole nitrogens is 2. The van der Waals surface area contributed by atoms with Crippen LogP contribution in [0.2, 0.25) is 0 Å². The molecule has 0 aromatic carbocycles. The van der Waals surface area contributed by atoms with E-state index in [1.54, 1.807) is 29.4 Å². The lowest BCUT2D eigenvalue weighted by atomic mass is 9.95. The molecule has 8 bridgehead atoms. The minimum atomic E-state index is -0.607. The zero-order valence-corrected chi connectivity index (χ0v) is 20.5. The van der Waals surface area contributed by atoms with Crippen LogP contribution in [0.4, 0.5) is 0 Å². The first kappa shape index (κ1) is 20.9. The van der Waals surface area contributed by atoms with Crippen molar-refractivity contribution in [2.24, 2.45) is 5.41 Å². The molecule has 0 saturated heterocycles. The molecule has 36 heavy (non-hydrogen) atoms. The van der Waals surface area contributed by atoms with Gasteiger partial charge in [0.2, 0.25) is 5.91 Å². The van der Waals surface area contributed by atoms with Crippen LogP contribution in [0.3, 0.4) is 0 Å². The van der Waals surface area contributed by atoms with Crippen molar-refractivity contribution < 1.29 is 4.79 Å². The predicted octanol–water partition coefficient (Wildman–Crippen LogP) is 5.86. The molecular weight excluding hydrogens is 472 g/mol. The first-order valence-corrected chi connectivity index (χ1v) is 12.3. The van der Waals surface area contributed by atoms with Gasteiger partial charge in [-0.15, -0.1) is 11.3 Å². The molecule has 7 rings (SSSR count). The van der Waals surface area contributed by atoms with Crippen LogP contribution in [-0.4, -0.2) is 45.6 Å². The molecule has 0 unspecified atom stereocenters. The van der Waals surface area contributed by atoms with Crippen molar-refractivity contribution in [1.29, 1.82) is 0 Å². The Morgan fingerprint density at radius 3 is 2.67 bits per heavy atom. The summed E-state index contributed by atoms with van der Waals surface area (Å²) in [6.07, 6.45) is 7.03. The van der Waals surface area contributed by atoms with E-state index in [1.807, 2.05) is 51.1 Å². The second kappa shape index (κ2) is 7.28. The highest BCUT2D eigenvalue weighted by molar-refractivity contribution is 7.24. The Kier molecular flexibility index (Phi) is 4.23. The van der Waals surface area contributed by atoms with Gasteiger partial charge in [0.05, 0.1) is 21.9 Å². The number of thiophene rings is 1. The number of nitrogens with one attached hydrogen (secondary N) is 2. The summed E-state index contributed by atoms with van der Waals surface area (Å²) in [6, 6.07) is 9.80. The molecule has 2 N–H and O–H groups in total. The lowest BCUT2D eigenvalue weighted by Gasteiger charge is -2.19. The molecule has 176 valence electrons. The molecule has 0 spiro atoms. The summed E-state index contributed by atoms with van der Waals surface area (Å²) in [5, 5.41) is 8.02. The van der Waals surface area contributed by atoms with Gasteiger partial charge in [-0.2, -0.15) is 0 Å². The van der Waals surface area contributed by atoms with Crippen molar-refractivity contribution >= 4 is 70.9 Å². The molecule has 0 amide bonds. The Morgan fingerprint density at radius 2 is 1.81 bits per heavy atom. The topological polar surface area (TPSA) is 118 Å². The molecule has 0 aliphatic carbocycles. The number of hydrogen-bond donors (Lipinski definition) is 2. The van der Waals surface area contributed by atoms with Gasteiger partial charge in [0, 0.05) is 40.3 Å². The predicted molar refractivity (Wildman–Crippen MR) is 142 cm³/mol. The van der Waals surface area contributed by atoms with Crippen LogP contribution in [0.25, 0.3) is 64.9 Å². The van der Waals surface area contributed by atoms with Crippen molar-refractivity contribution in [1.82, 2.24) is 39.7 Å². The van der Waals surface area contributed by atoms with Crippen LogP contribution in [-0.2, 0) is 0 Å². The Hall–Kier alpha value is -4.44. The van der Waals surface area contributed by atoms with E-state index in [0.717, 1.165) is 42.6 Å². The van der Waals surface area contributed by atoms with E-state index in [0.29, 0.717) is 22.3 Å². The van der Waals surface area contributed by atoms with E-state index in [2.05, 4.69) is 25.1 Å². The van der Waals surface area contributed by atoms with Crippen LogP contribution in [0.1, 0.15) is 25.6 Å². The molecule has 0 saturated carbocycles. The Morgan fingerprint density at radius 1 is 0.944 bits per heavy atom. The number of rotatable bonds is 0. The van der Waals surface area contributed by atoms with E-state index in [1.165, 1.54) is 11.3 Å². The SMILES string of the molecule is CC(C)(C)C(=O)n1c2cncc(c2)c2cnc3[nH][nH]c(c4nc5ccnc(c6ccc1s6)c5n4)-c3c2. The fourth-order valence-electron chi connectivity index (χ4n) is 4.42. The van der Waals surface area contributed by atoms with Gasteiger partial charge >= 0.3 is 0 Å². The second-order valence-corrected chi connectivity index (χ2v) is 10.8. The summed E-state index contributed by atoms with van der Waals surface area (Å²) < 4.78 is 2.65. The van der Waals surface area contributed by atoms with Crippen molar-refractivity contribution in [3.63, 3.8) is 0 Å². The highest BCUT2D eigenvalue weighted by Gasteiger charge is 2.25. The van der Waals surface area contributed by atoms with Gasteiger partial charge in [0.1, 0.15) is 21.6 Å². The number of carbonyl (C=O) groups excluding carboxylic acids is 1. The first-order chi connectivity index (χ1) is 17.4. The zero-order chi connectivity index (χ0) is 24.6. The van der Waals surface area contributed by atoms with Crippen LogP contribution in [0.15, 0.2) is 55.1 Å². The molecule has 2 aliphatic rings. The minimum Gasteiger partial charge on any atom is -0.295 e. The van der Waals surface area contributed by atoms with Gasteiger partial charge in [-0.25, -0.2) is 15.0 Å². The maximum absolute atomic E-state index is 13.7. The van der Waals surface area contributed by atoms with Gasteiger partial charge in [0.15, 0.2) is 11.3 Å². The maximum Gasteiger partial charge on any atom is 0.237 e. The Balaban J connectivity index is 1.74. The Labute approximate surface area is 207 Å². The summed E-state index contributed by atoms with van der Waals surface area (Å²) >= 11 is 1.49. The van der Waals surface area contributed by atoms with E-state index in [9.17, 15) is 4.79 Å². The molecule has 5 aromatic heterocycles. The summed E-state index contributed by atoms with van der Waals surface area (Å²) in [7, 11) is 0. The maximum atomic E-state index is 13.7. The number of pyridine rings is 3. The third-order valence-electron chi connectivity index (χ3n) is 6.24. The third-order valence-corrected chi connectivity index (χ3v) is 7.32. The molecule has 0 atom stereocenters. The van der Waals surface area contributed by atoms with Crippen molar-refractivity contribution in [3.05, 3.63) is 55.1 Å². The molecule has 10 heteroatoms. The smallest absolute Gasteiger partial charge is 0.237 e. The number of imidazole rings is 1. The van der Waals surface area contributed by atoms with Crippen molar-refractivity contribution in [2.75, 3.05) is 0 Å². The number of aromatic nitrogens is 8. The fraction of sp³-hybridized carbons (Fsp3) is 0.154. The first-order valence-electron chi connectivity index (χ1n) is 11.5. The summed E-state index contributed by atoms with van der Waals surface area (Å²) in [4.78, 5) is 37.9. The summed E-state index contributed by atoms with van der Waals surface area (Å²) in [5.74, 6) is -0.0307. The molecule has 7 heterocycles. The van der Waals surface area contributed by atoms with Gasteiger partial charge in [0.25, 0.3) is 0 Å². The molecule has 9 nitrogen and oxygen atoms in total. The number of fused-ring (bicyclic) bond motifs is 9. The van der Waals surface area contributed by atoms with Gasteiger partial charge in [-0.3, -0.25) is 29.5 Å². The largest absolute Gasteiger partial charge is 0.295 e. The van der Waals surface area contributed by atoms with E-state index in [-0.39, 0.29) is 5.91 Å². The molecule has 5 aromatic rings. The van der Waals surface area contributed by atoms with E-state index < -0.39 is 5.41 Å². The van der Waals surface area contributed by atoms with Crippen LogP contribution in [0, 0.1) is 5.41 Å². The summed E-state index contributed by atoms with van der Waals surface area (Å²) in [5.41, 5.74) is 5.14. The highest BCUT2D eigenvalue weighted by atomic mass is 32.1. The number of hydrogen-bond acceptors (Lipinski definition) is 7. The lowest BCUT2D eigenvalue weighted by Crippen LogP contribution is -2.26. The van der Waals surface area contributed by atoms with Crippen molar-refractivity contribution in [3.8, 4) is 11.3 Å². The van der Waals surface area contributed by atoms with Crippen LogP contribution >= 0.6 is 11.3 Å². The van der Waals surface area contributed by atoms with Crippen LogP contribution in [0.5, 0.6) is 0 Å². The normalized spacial score (nSPS) is 12.4. The monoisotopic (exact) mass is 492 g/mol. The average Bonchev–Trinajstić information content (AvgIpc) is 3.60. The third kappa shape index (κ3) is 3.07. The number of carbonyl (C=O) groups is 1. The van der Waals surface area contributed by atoms with Crippen LogP contribution < -0.4 is 0 Å². The standard InChI is InChI=1S/C26H20N8OS/c1-26(2,3)25(35)34-15-8-13(10-27-12-15)14-9-16-20(32-33-23(16)29-11-14)24-30-17-6-7-28-22(21(17)31-24)18-4-5-19(34)36-18/h4-12,32H,1-3H3,(H,29,33). The average molecular weight is 493 g/mol. The Bertz CT molecular complexity index is 2020. The highest BCUT2D eigenvalue weighted by Crippen LogP contribution is 2.32. The fourth-order valence-corrected chi connectivity index (χ4v) is 5.45.